The normalized spacial score (nSPS) is 15.5. The molecule has 1 rings (SSSR count). The average Bonchev–Trinajstić information content (AvgIpc) is 2.59. The Kier molecular flexibility index (Phi) is 3.67. The van der Waals surface area contributed by atoms with E-state index in [0.29, 0.717) is 0 Å². The van der Waals surface area contributed by atoms with E-state index in [1.54, 1.807) is 0 Å². The van der Waals surface area contributed by atoms with E-state index in [1.165, 1.54) is 15.6 Å². The largest absolute Gasteiger partial charge is 0.309 e. The van der Waals surface area contributed by atoms with Crippen LogP contribution in [0.1, 0.15) is 42.8 Å². The van der Waals surface area contributed by atoms with Crippen LogP contribution >= 0.6 is 11.3 Å². The third kappa shape index (κ3) is 1.98. The molecular formula is C11H20N2S. The monoisotopic (exact) mass is 212 g/mol. The van der Waals surface area contributed by atoms with Gasteiger partial charge in [0.15, 0.2) is 0 Å². The molecule has 14 heavy (non-hydrogen) atoms. The van der Waals surface area contributed by atoms with Gasteiger partial charge < -0.3 is 5.32 Å². The van der Waals surface area contributed by atoms with Gasteiger partial charge in [-0.05, 0) is 33.7 Å². The van der Waals surface area contributed by atoms with Crippen LogP contribution in [0.4, 0.5) is 0 Å². The zero-order valence-electron chi connectivity index (χ0n) is 9.77. The van der Waals surface area contributed by atoms with Crippen molar-refractivity contribution in [1.82, 2.24) is 10.3 Å². The summed E-state index contributed by atoms with van der Waals surface area (Å²) in [5.41, 5.74) is 1.29. The van der Waals surface area contributed by atoms with Crippen molar-refractivity contribution >= 4 is 11.3 Å². The van der Waals surface area contributed by atoms with Gasteiger partial charge >= 0.3 is 0 Å². The predicted octanol–water partition coefficient (Wildman–Crippen LogP) is 2.86. The Bertz CT molecular complexity index is 300. The molecule has 0 aromatic carbocycles. The average molecular weight is 212 g/mol. The van der Waals surface area contributed by atoms with Crippen LogP contribution in [-0.4, -0.2) is 12.0 Å². The van der Waals surface area contributed by atoms with E-state index in [2.05, 4.69) is 33.0 Å². The van der Waals surface area contributed by atoms with Gasteiger partial charge in [-0.15, -0.1) is 11.3 Å². The fraction of sp³-hybridized carbons (Fsp3) is 0.727. The number of hydrogen-bond acceptors (Lipinski definition) is 3. The van der Waals surface area contributed by atoms with Crippen molar-refractivity contribution < 1.29 is 0 Å². The van der Waals surface area contributed by atoms with Crippen molar-refractivity contribution in [2.24, 2.45) is 0 Å². The van der Waals surface area contributed by atoms with Gasteiger partial charge in [-0.2, -0.15) is 0 Å². The number of aryl methyl sites for hydroxylation is 2. The minimum absolute atomic E-state index is 0.0445. The molecule has 1 aromatic heterocycles. The smallest absolute Gasteiger partial charge is 0.113 e. The van der Waals surface area contributed by atoms with E-state index < -0.39 is 0 Å². The van der Waals surface area contributed by atoms with Crippen LogP contribution in [0.3, 0.4) is 0 Å². The summed E-state index contributed by atoms with van der Waals surface area (Å²) in [6, 6.07) is 0. The minimum atomic E-state index is 0.0445. The van der Waals surface area contributed by atoms with Gasteiger partial charge in [-0.1, -0.05) is 13.8 Å². The lowest BCUT2D eigenvalue weighted by molar-refractivity contribution is 0.383. The maximum atomic E-state index is 4.70. The van der Waals surface area contributed by atoms with Gasteiger partial charge in [-0.3, -0.25) is 0 Å². The van der Waals surface area contributed by atoms with E-state index in [0.717, 1.165) is 12.8 Å². The molecule has 2 nitrogen and oxygen atoms in total. The molecule has 0 aliphatic rings. The number of nitrogens with one attached hydrogen (secondary N) is 1. The van der Waals surface area contributed by atoms with Crippen molar-refractivity contribution in [2.75, 3.05) is 7.05 Å². The highest BCUT2D eigenvalue weighted by molar-refractivity contribution is 7.11. The zero-order chi connectivity index (χ0) is 10.8. The number of hydrogen-bond donors (Lipinski definition) is 1. The van der Waals surface area contributed by atoms with Gasteiger partial charge in [0.05, 0.1) is 11.2 Å². The Morgan fingerprint density at radius 3 is 2.43 bits per heavy atom. The molecule has 3 heteroatoms. The van der Waals surface area contributed by atoms with Crippen molar-refractivity contribution in [1.29, 1.82) is 0 Å². The molecule has 0 bridgehead atoms. The SMILES string of the molecule is CCc1nc(C(C)(CC)NC)sc1C. The summed E-state index contributed by atoms with van der Waals surface area (Å²) in [7, 11) is 2.01. The maximum Gasteiger partial charge on any atom is 0.113 e. The summed E-state index contributed by atoms with van der Waals surface area (Å²) < 4.78 is 0. The molecule has 1 N–H and O–H groups in total. The molecule has 0 spiro atoms. The summed E-state index contributed by atoms with van der Waals surface area (Å²) in [6.45, 7) is 8.73. The number of aromatic nitrogens is 1. The molecule has 0 aliphatic heterocycles. The van der Waals surface area contributed by atoms with Crippen LogP contribution in [0, 0.1) is 6.92 Å². The molecule has 80 valence electrons. The fourth-order valence-corrected chi connectivity index (χ4v) is 2.65. The van der Waals surface area contributed by atoms with Gasteiger partial charge in [0.1, 0.15) is 5.01 Å². The Morgan fingerprint density at radius 1 is 1.43 bits per heavy atom. The first-order valence-electron chi connectivity index (χ1n) is 5.23. The molecule has 0 amide bonds. The summed E-state index contributed by atoms with van der Waals surface area (Å²) >= 11 is 1.82. The number of rotatable bonds is 4. The Labute approximate surface area is 90.8 Å². The standard InChI is InChI=1S/C11H20N2S/c1-6-9-8(3)14-10(13-9)11(4,7-2)12-5/h12H,6-7H2,1-5H3. The van der Waals surface area contributed by atoms with Crippen molar-refractivity contribution in [3.63, 3.8) is 0 Å². The van der Waals surface area contributed by atoms with Crippen molar-refractivity contribution in [3.05, 3.63) is 15.6 Å². The van der Waals surface area contributed by atoms with Gasteiger partial charge in [0, 0.05) is 4.88 Å². The molecule has 0 aliphatic carbocycles. The molecule has 1 unspecified atom stereocenters. The first-order chi connectivity index (χ1) is 6.57. The van der Waals surface area contributed by atoms with Gasteiger partial charge in [-0.25, -0.2) is 4.98 Å². The summed E-state index contributed by atoms with van der Waals surface area (Å²) in [6.07, 6.45) is 2.10. The zero-order valence-corrected chi connectivity index (χ0v) is 10.6. The van der Waals surface area contributed by atoms with E-state index in [-0.39, 0.29) is 5.54 Å². The first-order valence-corrected chi connectivity index (χ1v) is 6.04. The van der Waals surface area contributed by atoms with E-state index in [9.17, 15) is 0 Å². The maximum absolute atomic E-state index is 4.70. The molecule has 0 saturated heterocycles. The van der Waals surface area contributed by atoms with Gasteiger partial charge in [0.2, 0.25) is 0 Å². The van der Waals surface area contributed by atoms with Crippen molar-refractivity contribution in [3.8, 4) is 0 Å². The second-order valence-corrected chi connectivity index (χ2v) is 5.01. The van der Waals surface area contributed by atoms with E-state index >= 15 is 0 Å². The lowest BCUT2D eigenvalue weighted by Gasteiger charge is -2.24. The highest BCUT2D eigenvalue weighted by Crippen LogP contribution is 2.30. The van der Waals surface area contributed by atoms with Crippen LogP contribution in [0.15, 0.2) is 0 Å². The predicted molar refractivity (Wildman–Crippen MR) is 62.9 cm³/mol. The highest BCUT2D eigenvalue weighted by Gasteiger charge is 2.26. The lowest BCUT2D eigenvalue weighted by atomic mass is 10.0. The fourth-order valence-electron chi connectivity index (χ4n) is 1.43. The van der Waals surface area contributed by atoms with Crippen LogP contribution in [0.2, 0.25) is 0 Å². The molecule has 0 radical (unpaired) electrons. The number of nitrogens with zero attached hydrogens (tertiary/aromatic N) is 1. The molecule has 1 atom stereocenters. The minimum Gasteiger partial charge on any atom is -0.309 e. The van der Waals surface area contributed by atoms with E-state index in [1.807, 2.05) is 18.4 Å². The molecule has 0 fully saturated rings. The van der Waals surface area contributed by atoms with Crippen molar-refractivity contribution in [2.45, 2.75) is 46.1 Å². The van der Waals surface area contributed by atoms with Crippen LogP contribution < -0.4 is 5.32 Å². The van der Waals surface area contributed by atoms with Crippen LogP contribution in [0.5, 0.6) is 0 Å². The summed E-state index contributed by atoms with van der Waals surface area (Å²) in [5, 5.41) is 4.58. The van der Waals surface area contributed by atoms with Crippen LogP contribution in [-0.2, 0) is 12.0 Å². The number of thiazole rings is 1. The first kappa shape index (κ1) is 11.7. The second kappa shape index (κ2) is 4.41. The van der Waals surface area contributed by atoms with E-state index in [4.69, 9.17) is 4.98 Å². The molecule has 1 aromatic rings. The molecular weight excluding hydrogens is 192 g/mol. The second-order valence-electron chi connectivity index (χ2n) is 3.81. The highest BCUT2D eigenvalue weighted by atomic mass is 32.1. The Hall–Kier alpha value is -0.410. The van der Waals surface area contributed by atoms with Crippen LogP contribution in [0.25, 0.3) is 0 Å². The molecule has 1 heterocycles. The third-order valence-corrected chi connectivity index (χ3v) is 4.24. The Morgan fingerprint density at radius 2 is 2.07 bits per heavy atom. The quantitative estimate of drug-likeness (QED) is 0.830. The lowest BCUT2D eigenvalue weighted by Crippen LogP contribution is -2.35. The summed E-state index contributed by atoms with van der Waals surface area (Å²) in [5.74, 6) is 0. The summed E-state index contributed by atoms with van der Waals surface area (Å²) in [4.78, 5) is 6.06. The molecule has 0 saturated carbocycles. The topological polar surface area (TPSA) is 24.9 Å². The third-order valence-electron chi connectivity index (χ3n) is 2.96. The van der Waals surface area contributed by atoms with Gasteiger partial charge in [0.25, 0.3) is 0 Å². The Balaban J connectivity index is 3.06.